The number of halogens is 1. The minimum Gasteiger partial charge on any atom is -0.387 e. The molecule has 1 N–H and O–H groups in total. The summed E-state index contributed by atoms with van der Waals surface area (Å²) in [4.78, 5) is 3.27. The zero-order chi connectivity index (χ0) is 13.8. The Morgan fingerprint density at radius 3 is 2.63 bits per heavy atom. The summed E-state index contributed by atoms with van der Waals surface area (Å²) in [5.74, 6) is -0.354. The van der Waals surface area contributed by atoms with Crippen molar-refractivity contribution in [3.05, 3.63) is 58.0 Å². The fourth-order valence-electron chi connectivity index (χ4n) is 2.02. The van der Waals surface area contributed by atoms with Crippen LogP contribution in [0.4, 0.5) is 4.39 Å². The molecule has 4 heteroatoms. The van der Waals surface area contributed by atoms with E-state index in [0.717, 1.165) is 0 Å². The van der Waals surface area contributed by atoms with Crippen molar-refractivity contribution in [2.24, 2.45) is 0 Å². The van der Waals surface area contributed by atoms with Crippen molar-refractivity contribution in [1.82, 2.24) is 4.90 Å². The van der Waals surface area contributed by atoms with Gasteiger partial charge in [0.05, 0.1) is 6.10 Å². The van der Waals surface area contributed by atoms with E-state index >= 15 is 0 Å². The molecule has 2 unspecified atom stereocenters. The van der Waals surface area contributed by atoms with E-state index in [1.807, 2.05) is 23.4 Å². The van der Waals surface area contributed by atoms with E-state index < -0.39 is 6.10 Å². The molecule has 0 saturated carbocycles. The summed E-state index contributed by atoms with van der Waals surface area (Å²) in [5, 5.41) is 12.2. The standard InChI is InChI=1S/C15H18FNOS/c1-11(15-8-5-9-19-15)17(2)10-14(18)12-6-3-4-7-13(12)16/h3-9,11,14,18H,10H2,1-2H3. The van der Waals surface area contributed by atoms with Gasteiger partial charge in [-0.3, -0.25) is 4.90 Å². The summed E-state index contributed by atoms with van der Waals surface area (Å²) in [6, 6.07) is 10.7. The van der Waals surface area contributed by atoms with Crippen molar-refractivity contribution >= 4 is 11.3 Å². The average molecular weight is 279 g/mol. The first-order valence-electron chi connectivity index (χ1n) is 6.25. The van der Waals surface area contributed by atoms with Gasteiger partial charge in [0.1, 0.15) is 5.82 Å². The predicted molar refractivity (Wildman–Crippen MR) is 76.7 cm³/mol. The summed E-state index contributed by atoms with van der Waals surface area (Å²) in [5.41, 5.74) is 0.354. The van der Waals surface area contributed by atoms with Crippen LogP contribution in [0, 0.1) is 5.82 Å². The Hall–Kier alpha value is -1.23. The SMILES string of the molecule is CC(c1cccs1)N(C)CC(O)c1ccccc1F. The van der Waals surface area contributed by atoms with Gasteiger partial charge in [-0.15, -0.1) is 11.3 Å². The largest absolute Gasteiger partial charge is 0.387 e. The maximum absolute atomic E-state index is 13.6. The molecule has 2 aromatic rings. The molecule has 0 amide bonds. The number of hydrogen-bond acceptors (Lipinski definition) is 3. The van der Waals surface area contributed by atoms with Crippen LogP contribution in [0.25, 0.3) is 0 Å². The van der Waals surface area contributed by atoms with Crippen molar-refractivity contribution in [2.75, 3.05) is 13.6 Å². The minimum atomic E-state index is -0.811. The lowest BCUT2D eigenvalue weighted by atomic mass is 10.1. The number of benzene rings is 1. The van der Waals surface area contributed by atoms with Gasteiger partial charge in [0.2, 0.25) is 0 Å². The number of thiophene rings is 1. The maximum atomic E-state index is 13.6. The summed E-state index contributed by atoms with van der Waals surface area (Å²) < 4.78 is 13.6. The lowest BCUT2D eigenvalue weighted by molar-refractivity contribution is 0.106. The highest BCUT2D eigenvalue weighted by Gasteiger charge is 2.19. The Bertz CT molecular complexity index is 515. The van der Waals surface area contributed by atoms with Crippen LogP contribution >= 0.6 is 11.3 Å². The van der Waals surface area contributed by atoms with Crippen LogP contribution in [-0.2, 0) is 0 Å². The van der Waals surface area contributed by atoms with E-state index in [1.54, 1.807) is 29.5 Å². The molecule has 0 aliphatic heterocycles. The van der Waals surface area contributed by atoms with Crippen molar-refractivity contribution in [3.8, 4) is 0 Å². The van der Waals surface area contributed by atoms with E-state index in [4.69, 9.17) is 0 Å². The van der Waals surface area contributed by atoms with Crippen LogP contribution in [0.3, 0.4) is 0 Å². The molecule has 19 heavy (non-hydrogen) atoms. The number of likely N-dealkylation sites (N-methyl/N-ethyl adjacent to an activating group) is 1. The van der Waals surface area contributed by atoms with E-state index in [-0.39, 0.29) is 11.9 Å². The molecule has 0 bridgehead atoms. The third-order valence-corrected chi connectivity index (χ3v) is 4.38. The summed E-state index contributed by atoms with van der Waals surface area (Å²) >= 11 is 1.69. The van der Waals surface area contributed by atoms with Crippen molar-refractivity contribution in [3.63, 3.8) is 0 Å². The molecule has 1 aromatic carbocycles. The van der Waals surface area contributed by atoms with E-state index in [1.165, 1.54) is 10.9 Å². The molecular formula is C15H18FNOS. The number of hydrogen-bond donors (Lipinski definition) is 1. The van der Waals surface area contributed by atoms with E-state index in [9.17, 15) is 9.50 Å². The zero-order valence-corrected chi connectivity index (χ0v) is 11.9. The van der Waals surface area contributed by atoms with Crippen LogP contribution in [0.15, 0.2) is 41.8 Å². The Kier molecular flexibility index (Phi) is 4.69. The summed E-state index contributed by atoms with van der Waals surface area (Å²) in [7, 11) is 1.94. The zero-order valence-electron chi connectivity index (χ0n) is 11.1. The van der Waals surface area contributed by atoms with Crippen molar-refractivity contribution in [2.45, 2.75) is 19.1 Å². The van der Waals surface area contributed by atoms with E-state index in [0.29, 0.717) is 12.1 Å². The van der Waals surface area contributed by atoms with Crippen LogP contribution in [-0.4, -0.2) is 23.6 Å². The third kappa shape index (κ3) is 3.41. The second-order valence-corrected chi connectivity index (χ2v) is 5.65. The summed E-state index contributed by atoms with van der Waals surface area (Å²) in [6.07, 6.45) is -0.811. The highest BCUT2D eigenvalue weighted by atomic mass is 32.1. The molecule has 0 fully saturated rings. The molecule has 0 saturated heterocycles. The molecular weight excluding hydrogens is 261 g/mol. The smallest absolute Gasteiger partial charge is 0.129 e. The molecule has 102 valence electrons. The van der Waals surface area contributed by atoms with Crippen molar-refractivity contribution < 1.29 is 9.50 Å². The van der Waals surface area contributed by atoms with Crippen LogP contribution in [0.1, 0.15) is 29.5 Å². The monoisotopic (exact) mass is 279 g/mol. The second kappa shape index (κ2) is 6.28. The quantitative estimate of drug-likeness (QED) is 0.903. The molecule has 0 spiro atoms. The second-order valence-electron chi connectivity index (χ2n) is 4.67. The third-order valence-electron chi connectivity index (χ3n) is 3.34. The number of aliphatic hydroxyl groups excluding tert-OH is 1. The Morgan fingerprint density at radius 1 is 1.26 bits per heavy atom. The Balaban J connectivity index is 2.03. The first-order valence-corrected chi connectivity index (χ1v) is 7.13. The molecule has 2 nitrogen and oxygen atoms in total. The van der Waals surface area contributed by atoms with Gasteiger partial charge in [0.25, 0.3) is 0 Å². The fourth-order valence-corrected chi connectivity index (χ4v) is 2.87. The van der Waals surface area contributed by atoms with E-state index in [2.05, 4.69) is 13.0 Å². The van der Waals surface area contributed by atoms with Gasteiger partial charge >= 0.3 is 0 Å². The molecule has 2 atom stereocenters. The van der Waals surface area contributed by atoms with Gasteiger partial charge in [-0.05, 0) is 31.5 Å². The molecule has 0 aliphatic rings. The van der Waals surface area contributed by atoms with Gasteiger partial charge in [-0.25, -0.2) is 4.39 Å². The maximum Gasteiger partial charge on any atom is 0.129 e. The Labute approximate surface area is 117 Å². The van der Waals surface area contributed by atoms with Gasteiger partial charge in [-0.2, -0.15) is 0 Å². The predicted octanol–water partition coefficient (Wildman–Crippen LogP) is 3.61. The van der Waals surface area contributed by atoms with Crippen molar-refractivity contribution in [1.29, 1.82) is 0 Å². The highest BCUT2D eigenvalue weighted by molar-refractivity contribution is 7.10. The normalized spacial score (nSPS) is 14.6. The number of rotatable bonds is 5. The molecule has 0 radical (unpaired) electrons. The van der Waals surface area contributed by atoms with Crippen LogP contribution < -0.4 is 0 Å². The first-order chi connectivity index (χ1) is 9.09. The number of aliphatic hydroxyl groups is 1. The minimum absolute atomic E-state index is 0.210. The van der Waals surface area contributed by atoms with Gasteiger partial charge in [-0.1, -0.05) is 24.3 Å². The molecule has 1 heterocycles. The van der Waals surface area contributed by atoms with Gasteiger partial charge in [0.15, 0.2) is 0 Å². The molecule has 1 aromatic heterocycles. The van der Waals surface area contributed by atoms with Crippen LogP contribution in [0.5, 0.6) is 0 Å². The number of nitrogens with zero attached hydrogens (tertiary/aromatic N) is 1. The average Bonchev–Trinajstić information content (AvgIpc) is 2.92. The topological polar surface area (TPSA) is 23.5 Å². The molecule has 2 rings (SSSR count). The lowest BCUT2D eigenvalue weighted by Gasteiger charge is -2.26. The first kappa shape index (κ1) is 14.2. The molecule has 0 aliphatic carbocycles. The lowest BCUT2D eigenvalue weighted by Crippen LogP contribution is -2.27. The van der Waals surface area contributed by atoms with Gasteiger partial charge < -0.3 is 5.11 Å². The fraction of sp³-hybridized carbons (Fsp3) is 0.333. The Morgan fingerprint density at radius 2 is 2.00 bits per heavy atom. The van der Waals surface area contributed by atoms with Crippen LogP contribution in [0.2, 0.25) is 0 Å². The van der Waals surface area contributed by atoms with Gasteiger partial charge in [0, 0.05) is 23.0 Å². The summed E-state index contributed by atoms with van der Waals surface area (Å²) in [6.45, 7) is 2.49. The highest BCUT2D eigenvalue weighted by Crippen LogP contribution is 2.26.